The van der Waals surface area contributed by atoms with Gasteiger partial charge in [0, 0.05) is 112 Å². The molecule has 26 aliphatic rings. The number of anilines is 8. The summed E-state index contributed by atoms with van der Waals surface area (Å²) in [5, 5.41) is 26.0. The van der Waals surface area contributed by atoms with Gasteiger partial charge in [-0.1, -0.05) is 198 Å². The number of rotatable bonds is 0. The first-order valence-corrected chi connectivity index (χ1v) is 49.0. The lowest BCUT2D eigenvalue weighted by Gasteiger charge is -2.40. The van der Waals surface area contributed by atoms with Crippen LogP contribution in [0.1, 0.15) is 345 Å². The lowest BCUT2D eigenvalue weighted by Crippen LogP contribution is -2.31. The van der Waals surface area contributed by atoms with Crippen molar-refractivity contribution in [3.63, 3.8) is 0 Å². The molecule has 16 heteroatoms. The van der Waals surface area contributed by atoms with Crippen LogP contribution < -0.4 is 42.5 Å². The SMILES string of the molecule is Cc1cc2cc(C)c1NC(=O)c1cccc(c1)C(=O)Nc1c(C)cc(cc1C)C1(CCCCC1)c1cc(C)c(c(C)c1)NC(=O)c1cccc(c1)C(=O)Nc1c(C)cc(cc1C)C1(CCCCC1)c1cc(C)c(c(C)c1)NC(=O)c1cccc(c1)C(=O)Nc1c(C)cc(cc1C)C1(CCCCC1)c1cc(C)c(c(C)c1)NC(=O)c1cccc(c1)C(=O)Nc1c(C)cc(cc1C)C21CCCCC1. The highest BCUT2D eigenvalue weighted by atomic mass is 16.2. The van der Waals surface area contributed by atoms with E-state index in [1.165, 1.54) is 44.5 Å². The summed E-state index contributed by atoms with van der Waals surface area (Å²) in [6.07, 6.45) is 20.2. The highest BCUT2D eigenvalue weighted by molar-refractivity contribution is 6.14. The maximum absolute atomic E-state index is 14.6. The molecule has 12 aromatic rings. The zero-order chi connectivity index (χ0) is 96.1. The largest absolute Gasteiger partial charge is 0.322 e. The minimum Gasteiger partial charge on any atom is -0.322 e. The summed E-state index contributed by atoms with van der Waals surface area (Å²) in [5.74, 6) is -2.63. The zero-order valence-corrected chi connectivity index (χ0v) is 81.9. The van der Waals surface area contributed by atoms with Crippen molar-refractivity contribution in [3.05, 3.63) is 372 Å². The quantitative estimate of drug-likeness (QED) is 0.0726. The Hall–Kier alpha value is -13.6. The molecule has 0 unspecified atom stereocenters. The molecule has 22 heterocycles. The molecule has 696 valence electrons. The molecule has 24 bridgehead atoms. The van der Waals surface area contributed by atoms with Crippen LogP contribution in [0.3, 0.4) is 0 Å². The van der Waals surface area contributed by atoms with E-state index in [9.17, 15) is 38.4 Å². The normalized spacial score (nSPS) is 17.1. The van der Waals surface area contributed by atoms with E-state index in [2.05, 4.69) is 140 Å². The molecule has 22 aliphatic heterocycles. The first-order valence-electron chi connectivity index (χ1n) is 49.0. The molecule has 136 heavy (non-hydrogen) atoms. The Morgan fingerprint density at radius 1 is 0.154 bits per heavy atom. The van der Waals surface area contributed by atoms with Crippen LogP contribution in [-0.4, -0.2) is 47.3 Å². The second-order valence-corrected chi connectivity index (χ2v) is 40.4. The molecule has 0 atom stereocenters. The molecular weight excluding hydrogens is 1680 g/mol. The van der Waals surface area contributed by atoms with Crippen LogP contribution in [0.2, 0.25) is 0 Å². The monoisotopic (exact) mass is 1810 g/mol. The average molecular weight is 1810 g/mol. The fourth-order valence-electron chi connectivity index (χ4n) is 23.8. The summed E-state index contributed by atoms with van der Waals surface area (Å²) in [6, 6.07) is 63.1. The Balaban J connectivity index is 0.668. The number of hydrogen-bond acceptors (Lipinski definition) is 8. The highest BCUT2D eigenvalue weighted by Crippen LogP contribution is 2.54. The number of hydrogen-bond donors (Lipinski definition) is 8. The van der Waals surface area contributed by atoms with Gasteiger partial charge in [0.25, 0.3) is 47.3 Å². The molecule has 0 radical (unpaired) electrons. The number of carbonyl (C=O) groups is 8. The Morgan fingerprint density at radius 3 is 0.360 bits per heavy atom. The van der Waals surface area contributed by atoms with Gasteiger partial charge in [-0.3, -0.25) is 38.4 Å². The van der Waals surface area contributed by atoms with Crippen LogP contribution in [0.5, 0.6) is 0 Å². The fraction of sp³-hybridized carbons (Fsp3) is 0.333. The van der Waals surface area contributed by atoms with Gasteiger partial charge < -0.3 is 42.5 Å². The topological polar surface area (TPSA) is 233 Å². The third-order valence-electron chi connectivity index (χ3n) is 31.0. The average Bonchev–Trinajstić information content (AvgIpc) is 0.759. The van der Waals surface area contributed by atoms with Crippen molar-refractivity contribution in [1.82, 2.24) is 0 Å². The Bertz CT molecular complexity index is 5530. The number of amides is 8. The van der Waals surface area contributed by atoms with Gasteiger partial charge in [-0.2, -0.15) is 0 Å². The van der Waals surface area contributed by atoms with E-state index in [1.807, 2.05) is 111 Å². The van der Waals surface area contributed by atoms with Gasteiger partial charge in [-0.15, -0.1) is 0 Å². The Morgan fingerprint density at radius 2 is 0.257 bits per heavy atom. The number of aryl methyl sites for hydroxylation is 16. The minimum absolute atomic E-state index is 0.329. The third kappa shape index (κ3) is 18.3. The van der Waals surface area contributed by atoms with Crippen LogP contribution in [0.15, 0.2) is 194 Å². The minimum atomic E-state index is -0.344. The second kappa shape index (κ2) is 38.3. The van der Waals surface area contributed by atoms with Crippen molar-refractivity contribution in [2.45, 2.75) is 261 Å². The Labute approximate surface area is 801 Å². The van der Waals surface area contributed by atoms with Gasteiger partial charge in [0.2, 0.25) is 0 Å². The van der Waals surface area contributed by atoms with Gasteiger partial charge in [-0.05, 0) is 368 Å². The van der Waals surface area contributed by atoms with Crippen molar-refractivity contribution in [3.8, 4) is 0 Å². The molecule has 4 aliphatic carbocycles. The summed E-state index contributed by atoms with van der Waals surface area (Å²) in [6.45, 7) is 32.7. The lowest BCUT2D eigenvalue weighted by molar-refractivity contribution is 0.101. The highest BCUT2D eigenvalue weighted by Gasteiger charge is 2.43. The Kier molecular flexibility index (Phi) is 26.5. The van der Waals surface area contributed by atoms with Crippen LogP contribution in [0, 0.1) is 111 Å². The van der Waals surface area contributed by atoms with Crippen molar-refractivity contribution in [2.75, 3.05) is 42.5 Å². The van der Waals surface area contributed by atoms with E-state index < -0.39 is 0 Å². The predicted molar refractivity (Wildman–Crippen MR) is 552 cm³/mol. The van der Waals surface area contributed by atoms with Crippen LogP contribution in [-0.2, 0) is 21.7 Å². The van der Waals surface area contributed by atoms with Crippen molar-refractivity contribution >= 4 is 92.8 Å². The van der Waals surface area contributed by atoms with Crippen molar-refractivity contribution in [2.24, 2.45) is 0 Å². The van der Waals surface area contributed by atoms with Gasteiger partial charge in [0.05, 0.1) is 0 Å². The van der Waals surface area contributed by atoms with Gasteiger partial charge >= 0.3 is 0 Å². The standard InChI is InChI=1S/C120H128N8O8/c1-69-49-93-50-70(2)101(69)121-109(129)85-33-29-34-86(65-85)110(130)123-103-73(5)53-95(54-74(103)6)118(43-23-18-24-44-118)96-55-75(7)105(76(8)56-96)125-113(133)89-37-31-38-90(67-89)114(134)127-107-81(13)61-99(62-82(107)14)120(47-27-20-28-48-120)100-63-83(15)108(84(16)64-100)128-116(136)92-40-32-39-91(68-92)115(135)126-106-79(11)59-98(60-80(106)12)119(45-25-19-26-46-119)97-57-77(9)104(78(10)58-97)124-112(132)88-36-30-35-87(66-88)111(131)122-102-71(3)51-94(52-72(102)4)117(93)41-21-17-22-42-117/h29-40,49-68H,17-28,41-48H2,1-16H3,(H,121,129)(H,122,131)(H,123,130)(H,124,132)(H,125,133)(H,126,135)(H,127,134)(H,128,136). The molecule has 8 amide bonds. The first-order chi connectivity index (χ1) is 65.1. The van der Waals surface area contributed by atoms with E-state index in [4.69, 9.17) is 0 Å². The van der Waals surface area contributed by atoms with Crippen LogP contribution in [0.25, 0.3) is 0 Å². The van der Waals surface area contributed by atoms with Crippen molar-refractivity contribution < 1.29 is 38.4 Å². The maximum Gasteiger partial charge on any atom is 0.255 e. The van der Waals surface area contributed by atoms with Gasteiger partial charge in [-0.25, -0.2) is 0 Å². The van der Waals surface area contributed by atoms with E-state index in [1.54, 1.807) is 97.1 Å². The molecule has 16 nitrogen and oxygen atoms in total. The molecule has 4 fully saturated rings. The zero-order valence-electron chi connectivity index (χ0n) is 81.9. The summed E-state index contributed by atoms with van der Waals surface area (Å²) in [7, 11) is 0. The molecule has 12 aromatic carbocycles. The first kappa shape index (κ1) is 94.2. The maximum atomic E-state index is 14.6. The number of carbonyl (C=O) groups excluding carboxylic acids is 8. The predicted octanol–water partition coefficient (Wildman–Crippen LogP) is 28.0. The second-order valence-electron chi connectivity index (χ2n) is 40.4. The van der Waals surface area contributed by atoms with Gasteiger partial charge in [0.15, 0.2) is 0 Å². The van der Waals surface area contributed by atoms with E-state index in [0.717, 1.165) is 217 Å². The summed E-state index contributed by atoms with van der Waals surface area (Å²) in [4.78, 5) is 116. The third-order valence-corrected chi connectivity index (χ3v) is 31.0. The molecule has 38 rings (SSSR count). The molecule has 4 spiro atoms. The molecule has 4 saturated carbocycles. The summed E-state index contributed by atoms with van der Waals surface area (Å²) >= 11 is 0. The number of benzene rings is 12. The van der Waals surface area contributed by atoms with Crippen LogP contribution in [0.4, 0.5) is 45.5 Å². The smallest absolute Gasteiger partial charge is 0.255 e. The van der Waals surface area contributed by atoms with E-state index in [-0.39, 0.29) is 68.9 Å². The van der Waals surface area contributed by atoms with Crippen molar-refractivity contribution in [1.29, 1.82) is 0 Å². The van der Waals surface area contributed by atoms with Gasteiger partial charge in [0.1, 0.15) is 0 Å². The lowest BCUT2D eigenvalue weighted by atomic mass is 9.64. The summed E-state index contributed by atoms with van der Waals surface area (Å²) < 4.78 is 0. The molecule has 0 saturated heterocycles. The number of nitrogens with one attached hydrogen (secondary N) is 8. The fourth-order valence-corrected chi connectivity index (χ4v) is 23.8. The molecular formula is C120H128N8O8. The summed E-state index contributed by atoms with van der Waals surface area (Å²) in [5.41, 5.74) is 31.2. The van der Waals surface area contributed by atoms with E-state index >= 15 is 0 Å². The van der Waals surface area contributed by atoms with E-state index in [0.29, 0.717) is 90.0 Å². The molecule has 8 N–H and O–H groups in total. The van der Waals surface area contributed by atoms with Crippen LogP contribution >= 0.6 is 0 Å². The molecule has 0 aromatic heterocycles.